The molecule has 0 heterocycles. The summed E-state index contributed by atoms with van der Waals surface area (Å²) in [5, 5.41) is 0. The maximum atomic E-state index is 12.2. The highest BCUT2D eigenvalue weighted by Crippen LogP contribution is 2.11. The van der Waals surface area contributed by atoms with Crippen molar-refractivity contribution in [3.8, 4) is 0 Å². The van der Waals surface area contributed by atoms with Crippen LogP contribution < -0.4 is 0 Å². The number of rotatable bonds is 10. The van der Waals surface area contributed by atoms with Crippen LogP contribution in [0.5, 0.6) is 0 Å². The number of ether oxygens (including phenoxy) is 2. The van der Waals surface area contributed by atoms with Crippen LogP contribution in [0.1, 0.15) is 23.7 Å². The van der Waals surface area contributed by atoms with Crippen LogP contribution in [0, 0.1) is 0 Å². The summed E-state index contributed by atoms with van der Waals surface area (Å²) in [4.78, 5) is 35.2. The van der Waals surface area contributed by atoms with Gasteiger partial charge in [0.15, 0.2) is 11.6 Å². The van der Waals surface area contributed by atoms with Gasteiger partial charge in [-0.1, -0.05) is 50.4 Å². The molecular weight excluding hydrogens is 308 g/mol. The lowest BCUT2D eigenvalue weighted by Crippen LogP contribution is -2.12. The van der Waals surface area contributed by atoms with E-state index < -0.39 is 17.5 Å². The van der Waals surface area contributed by atoms with Crippen LogP contribution in [0.2, 0.25) is 0 Å². The van der Waals surface area contributed by atoms with Gasteiger partial charge in [-0.05, 0) is 0 Å². The minimum absolute atomic E-state index is 0.0419. The molecule has 1 aromatic carbocycles. The highest BCUT2D eigenvalue weighted by atomic mass is 16.6. The number of esters is 1. The Labute approximate surface area is 141 Å². The normalized spacial score (nSPS) is 10.6. The fourth-order valence-electron chi connectivity index (χ4n) is 1.73. The van der Waals surface area contributed by atoms with Gasteiger partial charge in [0.05, 0.1) is 11.3 Å². The Morgan fingerprint density at radius 2 is 1.71 bits per heavy atom. The molecular formula is C19H20O5. The molecule has 24 heavy (non-hydrogen) atoms. The van der Waals surface area contributed by atoms with Gasteiger partial charge in [-0.2, -0.15) is 0 Å². The number of carbonyl (C=O) groups is 3. The SMILES string of the molecule is C=CC(=O)OCCO/C(=C/C(=O)C(=C)C(=O)c1ccccc1)CC. The number of Topliss-reactive ketones (excluding diaryl/α,β-unsaturated/α-hetero) is 1. The average molecular weight is 328 g/mol. The maximum Gasteiger partial charge on any atom is 0.330 e. The van der Waals surface area contributed by atoms with Crippen molar-refractivity contribution in [2.75, 3.05) is 13.2 Å². The standard InChI is InChI=1S/C19H20O5/c1-4-16(23-11-12-24-18(21)5-2)13-17(20)14(3)19(22)15-9-7-6-8-10-15/h5-10,13H,2-4,11-12H2,1H3/b16-13+. The average Bonchev–Trinajstić information content (AvgIpc) is 2.63. The number of ketones is 2. The zero-order chi connectivity index (χ0) is 17.9. The van der Waals surface area contributed by atoms with E-state index in [1.165, 1.54) is 6.08 Å². The van der Waals surface area contributed by atoms with Gasteiger partial charge in [-0.3, -0.25) is 9.59 Å². The molecule has 1 rings (SSSR count). The van der Waals surface area contributed by atoms with Crippen molar-refractivity contribution in [1.29, 1.82) is 0 Å². The number of carbonyl (C=O) groups excluding carboxylic acids is 3. The second-order valence-corrected chi connectivity index (χ2v) is 4.72. The zero-order valence-corrected chi connectivity index (χ0v) is 13.6. The number of hydrogen-bond donors (Lipinski definition) is 0. The largest absolute Gasteiger partial charge is 0.494 e. The van der Waals surface area contributed by atoms with Gasteiger partial charge in [0.25, 0.3) is 0 Å². The van der Waals surface area contributed by atoms with E-state index in [1.807, 2.05) is 0 Å². The summed E-state index contributed by atoms with van der Waals surface area (Å²) < 4.78 is 10.1. The van der Waals surface area contributed by atoms with Crippen molar-refractivity contribution in [2.45, 2.75) is 13.3 Å². The first-order valence-corrected chi connectivity index (χ1v) is 7.45. The van der Waals surface area contributed by atoms with E-state index in [-0.39, 0.29) is 18.8 Å². The molecule has 0 N–H and O–H groups in total. The van der Waals surface area contributed by atoms with E-state index in [2.05, 4.69) is 13.2 Å². The molecule has 0 aliphatic heterocycles. The second kappa shape index (κ2) is 9.94. The smallest absolute Gasteiger partial charge is 0.330 e. The van der Waals surface area contributed by atoms with E-state index in [0.717, 1.165) is 6.08 Å². The summed E-state index contributed by atoms with van der Waals surface area (Å²) in [5.41, 5.74) is 0.272. The lowest BCUT2D eigenvalue weighted by molar-refractivity contribution is -0.138. The van der Waals surface area contributed by atoms with Crippen LogP contribution >= 0.6 is 0 Å². The Kier molecular flexibility index (Phi) is 7.91. The molecule has 0 saturated heterocycles. The summed E-state index contributed by atoms with van der Waals surface area (Å²) in [6.45, 7) is 8.79. The Morgan fingerprint density at radius 1 is 1.08 bits per heavy atom. The molecule has 0 fully saturated rings. The van der Waals surface area contributed by atoms with Crippen LogP contribution in [0.15, 0.2) is 67.0 Å². The first-order chi connectivity index (χ1) is 11.5. The summed E-state index contributed by atoms with van der Waals surface area (Å²) in [7, 11) is 0. The Morgan fingerprint density at radius 3 is 2.29 bits per heavy atom. The topological polar surface area (TPSA) is 69.7 Å². The third-order valence-corrected chi connectivity index (χ3v) is 3.03. The van der Waals surface area contributed by atoms with Crippen molar-refractivity contribution < 1.29 is 23.9 Å². The van der Waals surface area contributed by atoms with E-state index in [9.17, 15) is 14.4 Å². The molecule has 0 radical (unpaired) electrons. The predicted molar refractivity (Wildman–Crippen MR) is 90.4 cm³/mol. The first kappa shape index (κ1) is 19.1. The minimum atomic E-state index is -0.543. The molecule has 0 atom stereocenters. The monoisotopic (exact) mass is 328 g/mol. The molecule has 0 aliphatic carbocycles. The lowest BCUT2D eigenvalue weighted by Gasteiger charge is -2.09. The Bertz CT molecular complexity index is 656. The van der Waals surface area contributed by atoms with Gasteiger partial charge in [-0.25, -0.2) is 4.79 Å². The summed E-state index contributed by atoms with van der Waals surface area (Å²) in [5.74, 6) is -1.09. The van der Waals surface area contributed by atoms with Crippen LogP contribution in [-0.4, -0.2) is 30.7 Å². The fraction of sp³-hybridized carbons (Fsp3) is 0.211. The summed E-state index contributed by atoms with van der Waals surface area (Å²) in [6, 6.07) is 8.45. The predicted octanol–water partition coefficient (Wildman–Crippen LogP) is 3.03. The van der Waals surface area contributed by atoms with Gasteiger partial charge in [0.2, 0.25) is 0 Å². The number of hydrogen-bond acceptors (Lipinski definition) is 5. The zero-order valence-electron chi connectivity index (χ0n) is 13.6. The first-order valence-electron chi connectivity index (χ1n) is 7.45. The number of benzene rings is 1. The minimum Gasteiger partial charge on any atom is -0.494 e. The lowest BCUT2D eigenvalue weighted by atomic mass is 10.0. The van der Waals surface area contributed by atoms with Crippen molar-refractivity contribution >= 4 is 17.5 Å². The molecule has 0 spiro atoms. The van der Waals surface area contributed by atoms with Gasteiger partial charge in [0, 0.05) is 24.1 Å². The van der Waals surface area contributed by atoms with Crippen LogP contribution in [0.4, 0.5) is 0 Å². The van der Waals surface area contributed by atoms with Crippen molar-refractivity contribution in [2.24, 2.45) is 0 Å². The Hall–Kier alpha value is -2.95. The highest BCUT2D eigenvalue weighted by Gasteiger charge is 2.16. The van der Waals surface area contributed by atoms with E-state index >= 15 is 0 Å². The fourth-order valence-corrected chi connectivity index (χ4v) is 1.73. The number of allylic oxidation sites excluding steroid dienone is 3. The molecule has 5 heteroatoms. The van der Waals surface area contributed by atoms with Gasteiger partial charge in [-0.15, -0.1) is 0 Å². The quantitative estimate of drug-likeness (QED) is 0.126. The summed E-state index contributed by atoms with van der Waals surface area (Å²) >= 11 is 0. The molecule has 126 valence electrons. The second-order valence-electron chi connectivity index (χ2n) is 4.72. The molecule has 1 aromatic rings. The van der Waals surface area contributed by atoms with E-state index in [4.69, 9.17) is 9.47 Å². The van der Waals surface area contributed by atoms with E-state index in [0.29, 0.717) is 17.7 Å². The van der Waals surface area contributed by atoms with Crippen molar-refractivity contribution in [3.63, 3.8) is 0 Å². The summed E-state index contributed by atoms with van der Waals surface area (Å²) in [6.07, 6.45) is 2.74. The van der Waals surface area contributed by atoms with Crippen molar-refractivity contribution in [1.82, 2.24) is 0 Å². The van der Waals surface area contributed by atoms with Crippen molar-refractivity contribution in [3.05, 3.63) is 72.5 Å². The molecule has 0 saturated carbocycles. The molecule has 0 amide bonds. The molecule has 0 unspecified atom stereocenters. The third kappa shape index (κ3) is 6.04. The maximum absolute atomic E-state index is 12.2. The van der Waals surface area contributed by atoms with Crippen LogP contribution in [0.25, 0.3) is 0 Å². The van der Waals surface area contributed by atoms with Gasteiger partial charge >= 0.3 is 5.97 Å². The van der Waals surface area contributed by atoms with Crippen LogP contribution in [0.3, 0.4) is 0 Å². The highest BCUT2D eigenvalue weighted by molar-refractivity contribution is 6.28. The van der Waals surface area contributed by atoms with Crippen LogP contribution in [-0.2, 0) is 19.1 Å². The van der Waals surface area contributed by atoms with Gasteiger partial charge in [0.1, 0.15) is 13.2 Å². The van der Waals surface area contributed by atoms with Gasteiger partial charge < -0.3 is 9.47 Å². The molecule has 0 aromatic heterocycles. The third-order valence-electron chi connectivity index (χ3n) is 3.03. The Balaban J connectivity index is 2.62. The molecule has 0 bridgehead atoms. The molecule has 5 nitrogen and oxygen atoms in total. The molecule has 0 aliphatic rings. The van der Waals surface area contributed by atoms with E-state index in [1.54, 1.807) is 37.3 Å².